The topological polar surface area (TPSA) is 80.8 Å². The van der Waals surface area contributed by atoms with Crippen molar-refractivity contribution in [1.82, 2.24) is 4.90 Å². The van der Waals surface area contributed by atoms with Gasteiger partial charge in [-0.15, -0.1) is 0 Å². The number of carbonyl (C=O) groups excluding carboxylic acids is 2. The third-order valence-electron chi connectivity index (χ3n) is 3.61. The minimum atomic E-state index is -3.18. The zero-order valence-electron chi connectivity index (χ0n) is 12.7. The highest BCUT2D eigenvalue weighted by molar-refractivity contribution is 7.91. The second-order valence-corrected chi connectivity index (χ2v) is 7.97. The van der Waals surface area contributed by atoms with Crippen LogP contribution in [0.25, 0.3) is 0 Å². The van der Waals surface area contributed by atoms with E-state index in [1.165, 1.54) is 4.90 Å². The van der Waals surface area contributed by atoms with Crippen LogP contribution < -0.4 is 0 Å². The van der Waals surface area contributed by atoms with Gasteiger partial charge in [0.1, 0.15) is 6.54 Å². The van der Waals surface area contributed by atoms with Gasteiger partial charge in [0.15, 0.2) is 9.84 Å². The van der Waals surface area contributed by atoms with Crippen LogP contribution in [0.3, 0.4) is 0 Å². The predicted octanol–water partition coefficient (Wildman–Crippen LogP) is 1.53. The largest absolute Gasteiger partial charge is 0.465 e. The van der Waals surface area contributed by atoms with E-state index >= 15 is 0 Å². The Morgan fingerprint density at radius 2 is 1.96 bits per heavy atom. The second-order valence-electron chi connectivity index (χ2n) is 5.30. The summed E-state index contributed by atoms with van der Waals surface area (Å²) in [6, 6.07) is 5.72. The number of halogens is 1. The van der Waals surface area contributed by atoms with Crippen molar-refractivity contribution in [3.05, 3.63) is 34.9 Å². The number of amides is 1. The van der Waals surface area contributed by atoms with E-state index in [0.29, 0.717) is 17.0 Å². The predicted molar refractivity (Wildman–Crippen MR) is 86.2 cm³/mol. The van der Waals surface area contributed by atoms with Crippen LogP contribution in [-0.4, -0.2) is 55.9 Å². The SMILES string of the molecule is CCOC(=O)CN(C(=O)c1ccc(Cl)cc1)[C@H]1CCS(=O)(=O)C1. The van der Waals surface area contributed by atoms with Crippen LogP contribution in [0.4, 0.5) is 0 Å². The third kappa shape index (κ3) is 4.68. The van der Waals surface area contributed by atoms with Gasteiger partial charge in [0, 0.05) is 16.6 Å². The number of hydrogen-bond acceptors (Lipinski definition) is 5. The Labute approximate surface area is 140 Å². The maximum atomic E-state index is 12.7. The van der Waals surface area contributed by atoms with Crippen molar-refractivity contribution in [2.45, 2.75) is 19.4 Å². The van der Waals surface area contributed by atoms with Crippen molar-refractivity contribution in [2.24, 2.45) is 0 Å². The summed E-state index contributed by atoms with van der Waals surface area (Å²) >= 11 is 5.81. The van der Waals surface area contributed by atoms with Crippen LogP contribution >= 0.6 is 11.6 Å². The molecule has 23 heavy (non-hydrogen) atoms. The van der Waals surface area contributed by atoms with Gasteiger partial charge in [0.25, 0.3) is 5.91 Å². The molecule has 1 saturated heterocycles. The summed E-state index contributed by atoms with van der Waals surface area (Å²) in [5.74, 6) is -1.08. The molecule has 1 heterocycles. The number of esters is 1. The Hall–Kier alpha value is -1.60. The van der Waals surface area contributed by atoms with Crippen molar-refractivity contribution >= 4 is 33.3 Å². The Bertz CT molecular complexity index is 686. The molecule has 6 nitrogen and oxygen atoms in total. The fourth-order valence-corrected chi connectivity index (χ4v) is 4.35. The number of carbonyl (C=O) groups is 2. The van der Waals surface area contributed by atoms with Crippen LogP contribution in [0.1, 0.15) is 23.7 Å². The van der Waals surface area contributed by atoms with Gasteiger partial charge in [-0.05, 0) is 37.6 Å². The van der Waals surface area contributed by atoms with Gasteiger partial charge in [0.2, 0.25) is 0 Å². The highest BCUT2D eigenvalue weighted by Gasteiger charge is 2.36. The molecule has 1 aliphatic heterocycles. The molecule has 1 aromatic carbocycles. The molecule has 1 fully saturated rings. The first-order chi connectivity index (χ1) is 10.8. The number of rotatable bonds is 5. The first-order valence-electron chi connectivity index (χ1n) is 7.25. The number of benzene rings is 1. The lowest BCUT2D eigenvalue weighted by Gasteiger charge is -2.27. The van der Waals surface area contributed by atoms with Crippen LogP contribution in [0.5, 0.6) is 0 Å². The first-order valence-corrected chi connectivity index (χ1v) is 9.45. The molecule has 1 amide bonds. The van der Waals surface area contributed by atoms with Gasteiger partial charge in [-0.1, -0.05) is 11.6 Å². The first kappa shape index (κ1) is 17.7. The molecule has 0 N–H and O–H groups in total. The smallest absolute Gasteiger partial charge is 0.325 e. The molecule has 1 aliphatic rings. The van der Waals surface area contributed by atoms with Gasteiger partial charge in [-0.3, -0.25) is 9.59 Å². The van der Waals surface area contributed by atoms with Crippen molar-refractivity contribution in [2.75, 3.05) is 24.7 Å². The van der Waals surface area contributed by atoms with Gasteiger partial charge in [0.05, 0.1) is 18.1 Å². The molecule has 1 atom stereocenters. The summed E-state index contributed by atoms with van der Waals surface area (Å²) in [5, 5.41) is 0.488. The molecule has 126 valence electrons. The molecule has 0 spiro atoms. The Morgan fingerprint density at radius 1 is 1.30 bits per heavy atom. The zero-order valence-corrected chi connectivity index (χ0v) is 14.3. The normalized spacial score (nSPS) is 19.3. The zero-order chi connectivity index (χ0) is 17.0. The van der Waals surface area contributed by atoms with E-state index in [1.807, 2.05) is 0 Å². The van der Waals surface area contributed by atoms with Crippen molar-refractivity contribution < 1.29 is 22.7 Å². The summed E-state index contributed by atoms with van der Waals surface area (Å²) in [6.45, 7) is 1.60. The van der Waals surface area contributed by atoms with Crippen LogP contribution in [0.15, 0.2) is 24.3 Å². The van der Waals surface area contributed by atoms with E-state index in [0.717, 1.165) is 0 Å². The molecular weight excluding hydrogens is 342 g/mol. The summed E-state index contributed by atoms with van der Waals surface area (Å²) in [6.07, 6.45) is 0.321. The highest BCUT2D eigenvalue weighted by Crippen LogP contribution is 2.21. The second kappa shape index (κ2) is 7.31. The maximum Gasteiger partial charge on any atom is 0.325 e. The van der Waals surface area contributed by atoms with Crippen LogP contribution in [0.2, 0.25) is 5.02 Å². The van der Waals surface area contributed by atoms with E-state index in [2.05, 4.69) is 0 Å². The van der Waals surface area contributed by atoms with E-state index in [9.17, 15) is 18.0 Å². The molecule has 0 aromatic heterocycles. The molecule has 0 radical (unpaired) electrons. The molecule has 1 aromatic rings. The highest BCUT2D eigenvalue weighted by atomic mass is 35.5. The lowest BCUT2D eigenvalue weighted by atomic mass is 10.1. The van der Waals surface area contributed by atoms with Gasteiger partial charge in [-0.2, -0.15) is 0 Å². The standard InChI is InChI=1S/C15H18ClNO5S/c1-2-22-14(18)9-17(13-7-8-23(20,21)10-13)15(19)11-3-5-12(16)6-4-11/h3-6,13H,2,7-10H2,1H3/t13-/m0/s1. The van der Waals surface area contributed by atoms with Crippen molar-refractivity contribution in [1.29, 1.82) is 0 Å². The molecule has 0 unspecified atom stereocenters. The van der Waals surface area contributed by atoms with Crippen molar-refractivity contribution in [3.8, 4) is 0 Å². The number of hydrogen-bond donors (Lipinski definition) is 0. The monoisotopic (exact) mass is 359 g/mol. The van der Waals surface area contributed by atoms with Crippen LogP contribution in [0, 0.1) is 0 Å². The molecule has 2 rings (SSSR count). The maximum absolute atomic E-state index is 12.7. The lowest BCUT2D eigenvalue weighted by Crippen LogP contribution is -2.44. The molecule has 0 saturated carbocycles. The van der Waals surface area contributed by atoms with Gasteiger partial charge < -0.3 is 9.64 Å². The minimum absolute atomic E-state index is 0.0187. The summed E-state index contributed by atoms with van der Waals surface area (Å²) in [5.41, 5.74) is 0.350. The number of ether oxygens (including phenoxy) is 1. The Balaban J connectivity index is 2.23. The third-order valence-corrected chi connectivity index (χ3v) is 5.61. The number of nitrogens with zero attached hydrogens (tertiary/aromatic N) is 1. The molecular formula is C15H18ClNO5S. The van der Waals surface area contributed by atoms with E-state index in [4.69, 9.17) is 16.3 Å². The van der Waals surface area contributed by atoms with Crippen LogP contribution in [-0.2, 0) is 19.4 Å². The lowest BCUT2D eigenvalue weighted by molar-refractivity contribution is -0.144. The van der Waals surface area contributed by atoms with E-state index in [-0.39, 0.29) is 24.7 Å². The summed E-state index contributed by atoms with van der Waals surface area (Å²) in [7, 11) is -3.18. The average molecular weight is 360 g/mol. The van der Waals surface area contributed by atoms with Crippen molar-refractivity contribution in [3.63, 3.8) is 0 Å². The van der Waals surface area contributed by atoms with Gasteiger partial charge in [-0.25, -0.2) is 8.42 Å². The molecule has 0 bridgehead atoms. The van der Waals surface area contributed by atoms with E-state index < -0.39 is 27.8 Å². The quantitative estimate of drug-likeness (QED) is 0.745. The Kier molecular flexibility index (Phi) is 5.64. The Morgan fingerprint density at radius 3 is 2.48 bits per heavy atom. The van der Waals surface area contributed by atoms with Gasteiger partial charge >= 0.3 is 5.97 Å². The molecule has 8 heteroatoms. The summed E-state index contributed by atoms with van der Waals surface area (Å²) < 4.78 is 28.3. The fraction of sp³-hybridized carbons (Fsp3) is 0.467. The number of sulfone groups is 1. The fourth-order valence-electron chi connectivity index (χ4n) is 2.49. The average Bonchev–Trinajstić information content (AvgIpc) is 2.85. The summed E-state index contributed by atoms with van der Waals surface area (Å²) in [4.78, 5) is 25.7. The van der Waals surface area contributed by atoms with E-state index in [1.54, 1.807) is 31.2 Å². The minimum Gasteiger partial charge on any atom is -0.465 e. The molecule has 0 aliphatic carbocycles.